The van der Waals surface area contributed by atoms with Gasteiger partial charge in [-0.2, -0.15) is 5.10 Å². The van der Waals surface area contributed by atoms with Crippen molar-refractivity contribution in [2.45, 2.75) is 52.4 Å². The lowest BCUT2D eigenvalue weighted by Crippen LogP contribution is -2.15. The van der Waals surface area contributed by atoms with E-state index in [4.69, 9.17) is 0 Å². The molecule has 0 aliphatic rings. The molecule has 3 nitrogen and oxygen atoms in total. The molecule has 3 heteroatoms. The zero-order valence-electron chi connectivity index (χ0n) is 18.3. The van der Waals surface area contributed by atoms with E-state index in [0.717, 1.165) is 5.69 Å². The number of hydrogen-bond acceptors (Lipinski definition) is 2. The van der Waals surface area contributed by atoms with Crippen molar-refractivity contribution in [2.75, 3.05) is 0 Å². The molecule has 0 aliphatic heterocycles. The third kappa shape index (κ3) is 4.92. The van der Waals surface area contributed by atoms with E-state index in [1.807, 2.05) is 6.07 Å². The number of hydrogen-bond donors (Lipinski definition) is 0. The van der Waals surface area contributed by atoms with Gasteiger partial charge >= 0.3 is 0 Å². The Morgan fingerprint density at radius 2 is 1.24 bits per heavy atom. The fourth-order valence-corrected chi connectivity index (χ4v) is 3.52. The molecule has 4 aromatic rings. The van der Waals surface area contributed by atoms with E-state index in [1.165, 1.54) is 21.9 Å². The monoisotopic (exact) mass is 385 g/mol. The largest absolute Gasteiger partial charge is 0.223 e. The van der Waals surface area contributed by atoms with Crippen LogP contribution in [0.25, 0.3) is 16.5 Å². The zero-order valence-corrected chi connectivity index (χ0v) is 18.3. The lowest BCUT2D eigenvalue weighted by molar-refractivity contribution is 0.583. The van der Waals surface area contributed by atoms with Crippen molar-refractivity contribution in [3.8, 4) is 5.69 Å². The van der Waals surface area contributed by atoms with Gasteiger partial charge in [-0.15, -0.1) is 0 Å². The Labute approximate surface area is 174 Å². The van der Waals surface area contributed by atoms with Crippen LogP contribution in [0.4, 0.5) is 0 Å². The normalized spacial score (nSPS) is 11.8. The number of para-hydroxylation sites is 1. The van der Waals surface area contributed by atoms with Gasteiger partial charge in [-0.1, -0.05) is 102 Å². The molecule has 3 aromatic carbocycles. The maximum absolute atomic E-state index is 4.17. The summed E-state index contributed by atoms with van der Waals surface area (Å²) in [5.41, 5.74) is 4.14. The van der Waals surface area contributed by atoms with Gasteiger partial charge in [0, 0.05) is 0 Å². The Balaban J connectivity index is 0.000000166. The van der Waals surface area contributed by atoms with Crippen molar-refractivity contribution in [1.29, 1.82) is 0 Å². The van der Waals surface area contributed by atoms with Crippen LogP contribution < -0.4 is 0 Å². The summed E-state index contributed by atoms with van der Waals surface area (Å²) in [6.45, 7) is 13.4. The van der Waals surface area contributed by atoms with Crippen LogP contribution in [0.5, 0.6) is 0 Å². The van der Waals surface area contributed by atoms with Crippen molar-refractivity contribution in [3.63, 3.8) is 0 Å². The van der Waals surface area contributed by atoms with Crippen molar-refractivity contribution >= 4 is 10.8 Å². The summed E-state index contributed by atoms with van der Waals surface area (Å²) in [5.74, 6) is 0. The molecule has 0 fully saturated rings. The Bertz CT molecular complexity index is 1060. The van der Waals surface area contributed by atoms with Crippen LogP contribution in [0.15, 0.2) is 79.4 Å². The predicted molar refractivity (Wildman–Crippen MR) is 123 cm³/mol. The first-order valence-corrected chi connectivity index (χ1v) is 10.1. The molecule has 1 heterocycles. The lowest BCUT2D eigenvalue weighted by Gasteiger charge is -2.22. The topological polar surface area (TPSA) is 30.7 Å². The smallest absolute Gasteiger partial charge is 0.138 e. The van der Waals surface area contributed by atoms with Gasteiger partial charge in [0.2, 0.25) is 0 Å². The molecule has 0 saturated heterocycles. The molecule has 1 aromatic heterocycles. The van der Waals surface area contributed by atoms with E-state index in [-0.39, 0.29) is 10.8 Å². The first-order valence-electron chi connectivity index (χ1n) is 10.1. The lowest BCUT2D eigenvalue weighted by atomic mass is 9.84. The van der Waals surface area contributed by atoms with Crippen LogP contribution >= 0.6 is 0 Å². The molecule has 29 heavy (non-hydrogen) atoms. The van der Waals surface area contributed by atoms with Crippen LogP contribution in [0, 0.1) is 0 Å². The minimum Gasteiger partial charge on any atom is -0.223 e. The Kier molecular flexibility index (Phi) is 5.88. The highest BCUT2D eigenvalue weighted by atomic mass is 15.3. The quantitative estimate of drug-likeness (QED) is 0.365. The van der Waals surface area contributed by atoms with Crippen LogP contribution in [0.2, 0.25) is 0 Å². The van der Waals surface area contributed by atoms with Gasteiger partial charge in [-0.05, 0) is 38.8 Å². The second-order valence-electron chi connectivity index (χ2n) is 9.38. The summed E-state index contributed by atoms with van der Waals surface area (Å²) in [5, 5.41) is 6.88. The van der Waals surface area contributed by atoms with Crippen molar-refractivity contribution in [1.82, 2.24) is 14.8 Å². The van der Waals surface area contributed by atoms with Gasteiger partial charge in [-0.25, -0.2) is 9.67 Å². The Morgan fingerprint density at radius 1 is 0.655 bits per heavy atom. The fraction of sp³-hybridized carbons (Fsp3) is 0.308. The second-order valence-corrected chi connectivity index (χ2v) is 9.38. The molecule has 0 amide bonds. The van der Waals surface area contributed by atoms with Crippen molar-refractivity contribution < 1.29 is 0 Å². The molecule has 0 radical (unpaired) electrons. The minimum absolute atomic E-state index is 0.114. The van der Waals surface area contributed by atoms with E-state index in [2.05, 4.69) is 112 Å². The standard InChI is InChI=1S/C14H16.C12H15N3/c1-14(2,3)13-10-6-8-11-7-4-5-9-12(11)13;1-12(2,3)10-6-4-5-7-11(10)15-9-13-8-14-15/h4-10H,1-3H3;4-9H,1-3H3. The maximum atomic E-state index is 4.17. The Hall–Kier alpha value is -2.94. The molecule has 0 N–H and O–H groups in total. The van der Waals surface area contributed by atoms with Gasteiger partial charge in [0.15, 0.2) is 0 Å². The highest BCUT2D eigenvalue weighted by molar-refractivity contribution is 5.86. The number of aromatic nitrogens is 3. The fourth-order valence-electron chi connectivity index (χ4n) is 3.52. The van der Waals surface area contributed by atoms with E-state index in [1.54, 1.807) is 17.3 Å². The maximum Gasteiger partial charge on any atom is 0.138 e. The molecular formula is C26H31N3. The second kappa shape index (κ2) is 8.20. The highest BCUT2D eigenvalue weighted by Gasteiger charge is 2.18. The molecule has 4 rings (SSSR count). The van der Waals surface area contributed by atoms with E-state index >= 15 is 0 Å². The summed E-state index contributed by atoms with van der Waals surface area (Å²) in [6, 6.07) is 23.4. The molecule has 150 valence electrons. The molecule has 0 aliphatic carbocycles. The van der Waals surface area contributed by atoms with Gasteiger partial charge < -0.3 is 0 Å². The predicted octanol–water partition coefficient (Wildman–Crippen LogP) is 6.70. The van der Waals surface area contributed by atoms with Crippen LogP contribution in [-0.2, 0) is 10.8 Å². The third-order valence-corrected chi connectivity index (χ3v) is 4.98. The zero-order chi connectivity index (χ0) is 21.1. The average molecular weight is 386 g/mol. The molecule has 0 unspecified atom stereocenters. The summed E-state index contributed by atoms with van der Waals surface area (Å²) in [6.07, 6.45) is 3.28. The Morgan fingerprint density at radius 3 is 1.90 bits per heavy atom. The van der Waals surface area contributed by atoms with Gasteiger partial charge in [0.25, 0.3) is 0 Å². The van der Waals surface area contributed by atoms with E-state index in [0.29, 0.717) is 0 Å². The number of nitrogens with zero attached hydrogens (tertiary/aromatic N) is 3. The van der Waals surface area contributed by atoms with Gasteiger partial charge in [0.05, 0.1) is 5.69 Å². The summed E-state index contributed by atoms with van der Waals surface area (Å²) in [4.78, 5) is 3.97. The summed E-state index contributed by atoms with van der Waals surface area (Å²) in [7, 11) is 0. The molecule has 0 bridgehead atoms. The van der Waals surface area contributed by atoms with Crippen molar-refractivity contribution in [2.24, 2.45) is 0 Å². The van der Waals surface area contributed by atoms with Gasteiger partial charge in [0.1, 0.15) is 12.7 Å². The van der Waals surface area contributed by atoms with Crippen LogP contribution in [0.1, 0.15) is 52.7 Å². The molecule has 0 atom stereocenters. The molecule has 0 spiro atoms. The number of fused-ring (bicyclic) bond motifs is 1. The number of rotatable bonds is 1. The van der Waals surface area contributed by atoms with Gasteiger partial charge in [-0.3, -0.25) is 0 Å². The SMILES string of the molecule is CC(C)(C)c1cccc2ccccc12.CC(C)(C)c1ccccc1-n1cncn1. The highest BCUT2D eigenvalue weighted by Crippen LogP contribution is 2.29. The molecular weight excluding hydrogens is 354 g/mol. The van der Waals surface area contributed by atoms with Crippen LogP contribution in [-0.4, -0.2) is 14.8 Å². The third-order valence-electron chi connectivity index (χ3n) is 4.98. The van der Waals surface area contributed by atoms with Crippen molar-refractivity contribution in [3.05, 3.63) is 90.5 Å². The molecule has 0 saturated carbocycles. The van der Waals surface area contributed by atoms with E-state index < -0.39 is 0 Å². The first kappa shape index (κ1) is 20.8. The minimum atomic E-state index is 0.114. The average Bonchev–Trinajstić information content (AvgIpc) is 3.21. The number of benzene rings is 3. The summed E-state index contributed by atoms with van der Waals surface area (Å²) >= 11 is 0. The van der Waals surface area contributed by atoms with E-state index in [9.17, 15) is 0 Å². The van der Waals surface area contributed by atoms with Crippen LogP contribution in [0.3, 0.4) is 0 Å². The first-order chi connectivity index (χ1) is 13.7. The summed E-state index contributed by atoms with van der Waals surface area (Å²) < 4.78 is 1.81.